The van der Waals surface area contributed by atoms with Crippen LogP contribution in [0.15, 0.2) is 42.7 Å². The van der Waals surface area contributed by atoms with Gasteiger partial charge >= 0.3 is 12.1 Å². The first kappa shape index (κ1) is 43.3. The van der Waals surface area contributed by atoms with Crippen LogP contribution >= 0.6 is 0 Å². The van der Waals surface area contributed by atoms with E-state index in [1.165, 1.54) is 6.92 Å². The van der Waals surface area contributed by atoms with E-state index in [2.05, 4.69) is 27.5 Å². The first-order chi connectivity index (χ1) is 26.5. The third-order valence-corrected chi connectivity index (χ3v) is 11.7. The van der Waals surface area contributed by atoms with E-state index in [-0.39, 0.29) is 24.6 Å². The van der Waals surface area contributed by atoms with Gasteiger partial charge in [-0.2, -0.15) is 0 Å². The maximum Gasteiger partial charge on any atom is 0.411 e. The van der Waals surface area contributed by atoms with E-state index in [0.717, 1.165) is 5.69 Å². The molecule has 3 saturated heterocycles. The summed E-state index contributed by atoms with van der Waals surface area (Å²) in [5.41, 5.74) is 5.27. The molecule has 310 valence electrons. The molecule has 3 fully saturated rings. The first-order valence-electron chi connectivity index (χ1n) is 19.8. The van der Waals surface area contributed by atoms with E-state index >= 15 is 0 Å². The number of Topliss-reactive ketones (excluding diaryl/α,β-unsaturated/α-hetero) is 1. The molecule has 2 unspecified atom stereocenters. The van der Waals surface area contributed by atoms with Gasteiger partial charge in [0.1, 0.15) is 23.8 Å². The van der Waals surface area contributed by atoms with Crippen LogP contribution in [0.5, 0.6) is 0 Å². The Morgan fingerprint density at radius 3 is 2.50 bits per heavy atom. The molecule has 0 aromatic carbocycles. The van der Waals surface area contributed by atoms with Gasteiger partial charge in [-0.15, -0.1) is 5.10 Å². The number of nitrogens with one attached hydrogen (secondary N) is 1. The number of allylic oxidation sites excluding steroid dienone is 1. The zero-order valence-electron chi connectivity index (χ0n) is 34.2. The molecule has 16 nitrogen and oxygen atoms in total. The molecule has 13 atom stereocenters. The summed E-state index contributed by atoms with van der Waals surface area (Å²) in [5.74, 6) is -3.28. The lowest BCUT2D eigenvalue weighted by atomic mass is 9.78. The molecular weight excluding hydrogens is 722 g/mol. The maximum absolute atomic E-state index is 14.2. The van der Waals surface area contributed by atoms with Crippen LogP contribution in [0.4, 0.5) is 4.79 Å². The van der Waals surface area contributed by atoms with Crippen LogP contribution in [0.1, 0.15) is 74.7 Å². The fraction of sp³-hybridized carbons (Fsp3) is 0.700. The summed E-state index contributed by atoms with van der Waals surface area (Å²) in [5, 5.41) is 23.0. The molecule has 0 saturated carbocycles. The average molecular weight is 784 g/mol. The molecule has 0 radical (unpaired) electrons. The van der Waals surface area contributed by atoms with Crippen LogP contribution in [0, 0.1) is 17.8 Å². The van der Waals surface area contributed by atoms with Crippen molar-refractivity contribution in [2.45, 2.75) is 141 Å². The van der Waals surface area contributed by atoms with Gasteiger partial charge in [0.05, 0.1) is 42.3 Å². The molecule has 0 bridgehead atoms. The fourth-order valence-corrected chi connectivity index (χ4v) is 8.55. The largest absolute Gasteiger partial charge is 0.458 e. The number of aromatic nitrogens is 4. The van der Waals surface area contributed by atoms with E-state index < -0.39 is 77.6 Å². The normalized spacial score (nSPS) is 37.8. The average Bonchev–Trinajstić information content (AvgIpc) is 3.75. The van der Waals surface area contributed by atoms with Crippen molar-refractivity contribution in [2.24, 2.45) is 23.5 Å². The van der Waals surface area contributed by atoms with Gasteiger partial charge < -0.3 is 39.8 Å². The van der Waals surface area contributed by atoms with Gasteiger partial charge in [-0.25, -0.2) is 9.48 Å². The zero-order valence-corrected chi connectivity index (χ0v) is 34.2. The molecule has 56 heavy (non-hydrogen) atoms. The van der Waals surface area contributed by atoms with Crippen LogP contribution in [0.25, 0.3) is 11.4 Å². The topological polar surface area (TPSA) is 202 Å². The second-order valence-electron chi connectivity index (χ2n) is 16.2. The lowest BCUT2D eigenvalue weighted by molar-refractivity contribution is -0.288. The quantitative estimate of drug-likeness (QED) is 0.190. The number of carbonyl (C=O) groups excluding carboxylic acids is 3. The number of rotatable bonds is 9. The van der Waals surface area contributed by atoms with Crippen molar-refractivity contribution in [3.8, 4) is 11.4 Å². The van der Waals surface area contributed by atoms with Gasteiger partial charge in [0.2, 0.25) is 0 Å². The van der Waals surface area contributed by atoms with Crippen molar-refractivity contribution in [2.75, 3.05) is 20.2 Å². The Labute approximate surface area is 329 Å². The minimum atomic E-state index is -1.26. The van der Waals surface area contributed by atoms with Crippen LogP contribution in [0.2, 0.25) is 0 Å². The second-order valence-corrected chi connectivity index (χ2v) is 16.2. The number of hydrogen-bond donors (Lipinski definition) is 3. The van der Waals surface area contributed by atoms with Crippen molar-refractivity contribution in [3.63, 3.8) is 0 Å². The Balaban J connectivity index is 1.40. The Hall–Kier alpha value is -3.80. The third kappa shape index (κ3) is 9.32. The van der Waals surface area contributed by atoms with Crippen LogP contribution < -0.4 is 11.1 Å². The number of pyridine rings is 1. The monoisotopic (exact) mass is 783 g/mol. The molecule has 1 amide bonds. The minimum Gasteiger partial charge on any atom is -0.458 e. The maximum atomic E-state index is 14.2. The predicted octanol–water partition coefficient (Wildman–Crippen LogP) is 3.27. The lowest BCUT2D eigenvalue weighted by Gasteiger charge is -2.45. The van der Waals surface area contributed by atoms with E-state index in [1.54, 1.807) is 42.9 Å². The van der Waals surface area contributed by atoms with Crippen molar-refractivity contribution in [1.82, 2.24) is 30.2 Å². The Kier molecular flexibility index (Phi) is 14.1. The second kappa shape index (κ2) is 18.2. The zero-order chi connectivity index (χ0) is 40.9. The highest BCUT2D eigenvalue weighted by Gasteiger charge is 2.58. The molecule has 2 aromatic rings. The van der Waals surface area contributed by atoms with Gasteiger partial charge in [-0.1, -0.05) is 44.2 Å². The minimum absolute atomic E-state index is 0.0344. The molecule has 0 spiro atoms. The van der Waals surface area contributed by atoms with E-state index in [4.69, 9.17) is 29.4 Å². The highest BCUT2D eigenvalue weighted by molar-refractivity contribution is 6.00. The molecule has 3 aliphatic heterocycles. The summed E-state index contributed by atoms with van der Waals surface area (Å²) in [6, 6.07) is 4.11. The Morgan fingerprint density at radius 2 is 1.82 bits per heavy atom. The summed E-state index contributed by atoms with van der Waals surface area (Å²) < 4.78 is 32.6. The standard InChI is InChI=1S/C40H61N7O9/c1-10-31-40(8)34(47(38(51)56-40)18-14-13-17-46-22-30(44-45-46)29-15-11-12-16-42-29)27(6)43-21-23(2)20-39(7,52-9)35(25(4)32(48)26(5)36(50)54-31)55-37-33(49)28(41)19-24(3)53-37/h11-16,22-28,31,33-35,37,43,49H,10,17-21,41H2,1-9H3/b14-13+/t23-,24-,25+,26-,27-,28?,31-,33?,34-,35-,37+,39-,40-/m1/s1. The van der Waals surface area contributed by atoms with Gasteiger partial charge in [0.25, 0.3) is 0 Å². The molecule has 0 aliphatic carbocycles. The Morgan fingerprint density at radius 1 is 1.09 bits per heavy atom. The van der Waals surface area contributed by atoms with E-state index in [0.29, 0.717) is 38.0 Å². The number of aliphatic hydroxyl groups excluding tert-OH is 1. The van der Waals surface area contributed by atoms with Crippen LogP contribution in [0.3, 0.4) is 0 Å². The number of cyclic esters (lactones) is 1. The first-order valence-corrected chi connectivity index (χ1v) is 19.8. The SMILES string of the molecule is CC[C@H]1OC(=O)[C@H](C)C(=O)[C@H](C)[C@@H](O[C@@H]2O[C@H](C)CC(N)C2O)[C@](C)(OC)C[C@@H](C)CN[C@H](C)[C@H]2N(C/C=C/Cn3cc(-c4ccccn4)nn3)C(=O)O[C@]12C. The van der Waals surface area contributed by atoms with Crippen molar-refractivity contribution in [3.05, 3.63) is 42.7 Å². The number of methoxy groups -OCH3 is 1. The third-order valence-electron chi connectivity index (χ3n) is 11.7. The summed E-state index contributed by atoms with van der Waals surface area (Å²) in [4.78, 5) is 47.8. The highest BCUT2D eigenvalue weighted by atomic mass is 16.7. The summed E-state index contributed by atoms with van der Waals surface area (Å²) >= 11 is 0. The number of ketones is 1. The summed E-state index contributed by atoms with van der Waals surface area (Å²) in [7, 11) is 1.56. The van der Waals surface area contributed by atoms with Gasteiger partial charge in [-0.05, 0) is 78.5 Å². The lowest BCUT2D eigenvalue weighted by Crippen LogP contribution is -2.60. The number of esters is 1. The molecule has 5 rings (SSSR count). The van der Waals surface area contributed by atoms with Crippen LogP contribution in [-0.4, -0.2) is 128 Å². The Bertz CT molecular complexity index is 1680. The summed E-state index contributed by atoms with van der Waals surface area (Å²) in [6.45, 7) is 15.7. The van der Waals surface area contributed by atoms with Gasteiger partial charge in [0.15, 0.2) is 17.7 Å². The van der Waals surface area contributed by atoms with Gasteiger partial charge in [0, 0.05) is 37.9 Å². The number of ether oxygens (including phenoxy) is 5. The van der Waals surface area contributed by atoms with E-state index in [1.807, 2.05) is 58.0 Å². The van der Waals surface area contributed by atoms with Crippen LogP contribution in [-0.2, 0) is 39.8 Å². The number of hydrogen-bond acceptors (Lipinski definition) is 14. The predicted molar refractivity (Wildman–Crippen MR) is 206 cm³/mol. The molecule has 4 N–H and O–H groups in total. The number of nitrogens with two attached hydrogens (primary N) is 1. The fourth-order valence-electron chi connectivity index (χ4n) is 8.55. The summed E-state index contributed by atoms with van der Waals surface area (Å²) in [6.07, 6.45) is 3.61. The van der Waals surface area contributed by atoms with Crippen molar-refractivity contribution in [1.29, 1.82) is 0 Å². The number of aliphatic hydroxyl groups is 1. The van der Waals surface area contributed by atoms with Crippen molar-refractivity contribution < 1.29 is 43.2 Å². The molecule has 2 aromatic heterocycles. The molecular formula is C40H61N7O9. The van der Waals surface area contributed by atoms with Crippen molar-refractivity contribution >= 4 is 17.8 Å². The molecule has 5 heterocycles. The van der Waals surface area contributed by atoms with E-state index in [9.17, 15) is 19.5 Å². The molecule has 16 heteroatoms. The number of fused-ring (bicyclic) bond motifs is 1. The number of amides is 1. The highest BCUT2D eigenvalue weighted by Crippen LogP contribution is 2.40. The molecule has 3 aliphatic rings. The number of nitrogens with zero attached hydrogens (tertiary/aromatic N) is 5. The number of carbonyl (C=O) groups is 3. The smallest absolute Gasteiger partial charge is 0.411 e. The van der Waals surface area contributed by atoms with Gasteiger partial charge in [-0.3, -0.25) is 19.5 Å².